The Morgan fingerprint density at radius 2 is 1.92 bits per heavy atom. The minimum atomic E-state index is -0.107. The van der Waals surface area contributed by atoms with Crippen LogP contribution in [0.4, 0.5) is 0 Å². The molecule has 0 aliphatic heterocycles. The fourth-order valence-corrected chi connectivity index (χ4v) is 4.29. The SMILES string of the molecule is COc1ccc(C)cc1[C@@H](C)NC(=O)C1C[C@H]2CCC[C@@H](C1)C2=O. The van der Waals surface area contributed by atoms with Gasteiger partial charge in [-0.25, -0.2) is 0 Å². The van der Waals surface area contributed by atoms with E-state index in [1.165, 1.54) is 0 Å². The summed E-state index contributed by atoms with van der Waals surface area (Å²) < 4.78 is 5.43. The Kier molecular flexibility index (Phi) is 4.93. The van der Waals surface area contributed by atoms with Gasteiger partial charge in [-0.05, 0) is 45.6 Å². The molecule has 4 nitrogen and oxygen atoms in total. The van der Waals surface area contributed by atoms with E-state index in [9.17, 15) is 9.59 Å². The summed E-state index contributed by atoms with van der Waals surface area (Å²) in [6.45, 7) is 4.02. The number of nitrogens with one attached hydrogen (secondary N) is 1. The summed E-state index contributed by atoms with van der Waals surface area (Å²) in [4.78, 5) is 24.9. The summed E-state index contributed by atoms with van der Waals surface area (Å²) in [6, 6.07) is 5.90. The summed E-state index contributed by atoms with van der Waals surface area (Å²) in [7, 11) is 1.65. The maximum absolute atomic E-state index is 12.7. The molecule has 1 N–H and O–H groups in total. The zero-order valence-electron chi connectivity index (χ0n) is 14.8. The number of Topliss-reactive ketones (excluding diaryl/α,β-unsaturated/α-hetero) is 1. The van der Waals surface area contributed by atoms with E-state index in [0.29, 0.717) is 5.78 Å². The summed E-state index contributed by atoms with van der Waals surface area (Å²) in [5, 5.41) is 3.14. The Morgan fingerprint density at radius 3 is 2.54 bits per heavy atom. The van der Waals surface area contributed by atoms with E-state index in [0.717, 1.165) is 49.0 Å². The molecule has 0 aromatic heterocycles. The number of ether oxygens (including phenoxy) is 1. The lowest BCUT2D eigenvalue weighted by Gasteiger charge is -2.37. The van der Waals surface area contributed by atoms with Crippen LogP contribution < -0.4 is 10.1 Å². The number of fused-ring (bicyclic) bond motifs is 2. The molecule has 24 heavy (non-hydrogen) atoms. The van der Waals surface area contributed by atoms with Gasteiger partial charge in [0.05, 0.1) is 13.2 Å². The van der Waals surface area contributed by atoms with E-state index in [2.05, 4.69) is 11.4 Å². The number of amides is 1. The number of aryl methyl sites for hydroxylation is 1. The highest BCUT2D eigenvalue weighted by atomic mass is 16.5. The van der Waals surface area contributed by atoms with Gasteiger partial charge in [0.15, 0.2) is 0 Å². The number of ketones is 1. The third kappa shape index (κ3) is 3.33. The van der Waals surface area contributed by atoms with Gasteiger partial charge in [0, 0.05) is 23.3 Å². The molecule has 1 unspecified atom stereocenters. The lowest BCUT2D eigenvalue weighted by molar-refractivity contribution is -0.137. The van der Waals surface area contributed by atoms with Crippen molar-refractivity contribution in [1.29, 1.82) is 0 Å². The molecular formula is C20H27NO3. The van der Waals surface area contributed by atoms with E-state index in [4.69, 9.17) is 4.74 Å². The number of carbonyl (C=O) groups excluding carboxylic acids is 2. The van der Waals surface area contributed by atoms with Crippen LogP contribution in [0.15, 0.2) is 18.2 Å². The standard InChI is InChI=1S/C20H27NO3/c1-12-7-8-18(24-3)17(9-12)13(2)21-20(23)16-10-14-5-4-6-15(11-16)19(14)22/h7-9,13-16H,4-6,10-11H2,1-3H3,(H,21,23)/t13-,14-,15+,16?/m1/s1. The van der Waals surface area contributed by atoms with Crippen molar-refractivity contribution in [2.45, 2.75) is 52.0 Å². The van der Waals surface area contributed by atoms with Crippen LogP contribution in [0.25, 0.3) is 0 Å². The van der Waals surface area contributed by atoms with Crippen molar-refractivity contribution in [2.24, 2.45) is 17.8 Å². The first-order chi connectivity index (χ1) is 11.5. The Bertz CT molecular complexity index is 624. The van der Waals surface area contributed by atoms with Gasteiger partial charge in [0.2, 0.25) is 5.91 Å². The second kappa shape index (κ2) is 6.96. The van der Waals surface area contributed by atoms with Gasteiger partial charge in [0.25, 0.3) is 0 Å². The zero-order chi connectivity index (χ0) is 17.3. The maximum atomic E-state index is 12.7. The molecule has 2 saturated carbocycles. The van der Waals surface area contributed by atoms with Gasteiger partial charge in [-0.15, -0.1) is 0 Å². The van der Waals surface area contributed by atoms with Crippen molar-refractivity contribution in [1.82, 2.24) is 5.32 Å². The summed E-state index contributed by atoms with van der Waals surface area (Å²) in [6.07, 6.45) is 4.49. The molecule has 4 atom stereocenters. The Morgan fingerprint density at radius 1 is 1.25 bits per heavy atom. The molecule has 1 aromatic carbocycles. The number of carbonyl (C=O) groups is 2. The third-order valence-corrected chi connectivity index (χ3v) is 5.63. The third-order valence-electron chi connectivity index (χ3n) is 5.63. The van der Waals surface area contributed by atoms with Gasteiger partial charge in [0.1, 0.15) is 11.5 Å². The van der Waals surface area contributed by atoms with Gasteiger partial charge < -0.3 is 10.1 Å². The highest BCUT2D eigenvalue weighted by Crippen LogP contribution is 2.40. The smallest absolute Gasteiger partial charge is 0.223 e. The van der Waals surface area contributed by atoms with E-state index < -0.39 is 0 Å². The van der Waals surface area contributed by atoms with E-state index >= 15 is 0 Å². The van der Waals surface area contributed by atoms with Crippen LogP contribution in [0.3, 0.4) is 0 Å². The first-order valence-corrected chi connectivity index (χ1v) is 8.98. The molecule has 3 rings (SSSR count). The highest BCUT2D eigenvalue weighted by Gasteiger charge is 2.41. The van der Waals surface area contributed by atoms with E-state index in [1.807, 2.05) is 26.0 Å². The normalized spacial score (nSPS) is 27.5. The Balaban J connectivity index is 1.69. The zero-order valence-corrected chi connectivity index (χ0v) is 14.8. The van der Waals surface area contributed by atoms with Crippen molar-refractivity contribution in [3.8, 4) is 5.75 Å². The topological polar surface area (TPSA) is 55.4 Å². The monoisotopic (exact) mass is 329 g/mol. The molecule has 2 bridgehead atoms. The fourth-order valence-electron chi connectivity index (χ4n) is 4.29. The molecule has 0 heterocycles. The first-order valence-electron chi connectivity index (χ1n) is 8.98. The number of hydrogen-bond acceptors (Lipinski definition) is 3. The Hall–Kier alpha value is -1.84. The molecule has 4 heteroatoms. The van der Waals surface area contributed by atoms with Crippen LogP contribution in [0.2, 0.25) is 0 Å². The van der Waals surface area contributed by atoms with Gasteiger partial charge in [-0.1, -0.05) is 24.1 Å². The second-order valence-electron chi connectivity index (χ2n) is 7.37. The van der Waals surface area contributed by atoms with Gasteiger partial charge in [-0.2, -0.15) is 0 Å². The molecule has 1 aromatic rings. The molecular weight excluding hydrogens is 302 g/mol. The van der Waals surface area contributed by atoms with Gasteiger partial charge >= 0.3 is 0 Å². The van der Waals surface area contributed by atoms with Crippen LogP contribution in [-0.2, 0) is 9.59 Å². The van der Waals surface area contributed by atoms with Crippen molar-refractivity contribution in [2.75, 3.05) is 7.11 Å². The number of hydrogen-bond donors (Lipinski definition) is 1. The molecule has 1 amide bonds. The summed E-state index contributed by atoms with van der Waals surface area (Å²) in [5.41, 5.74) is 2.14. The molecule has 2 aliphatic rings. The average Bonchev–Trinajstić information content (AvgIpc) is 2.54. The largest absolute Gasteiger partial charge is 0.496 e. The summed E-state index contributed by atoms with van der Waals surface area (Å²) >= 11 is 0. The van der Waals surface area contributed by atoms with Crippen molar-refractivity contribution >= 4 is 11.7 Å². The predicted molar refractivity (Wildman–Crippen MR) is 92.9 cm³/mol. The van der Waals surface area contributed by atoms with Crippen LogP contribution in [-0.4, -0.2) is 18.8 Å². The minimum Gasteiger partial charge on any atom is -0.496 e. The van der Waals surface area contributed by atoms with Gasteiger partial charge in [-0.3, -0.25) is 9.59 Å². The molecule has 0 saturated heterocycles. The Labute approximate surface area is 144 Å². The quantitative estimate of drug-likeness (QED) is 0.918. The van der Waals surface area contributed by atoms with E-state index in [1.54, 1.807) is 7.11 Å². The minimum absolute atomic E-state index is 0.0312. The molecule has 2 fully saturated rings. The molecule has 2 aliphatic carbocycles. The summed E-state index contributed by atoms with van der Waals surface area (Å²) in [5.74, 6) is 1.46. The predicted octanol–water partition coefficient (Wildman–Crippen LogP) is 3.58. The van der Waals surface area contributed by atoms with Crippen molar-refractivity contribution in [3.05, 3.63) is 29.3 Å². The van der Waals surface area contributed by atoms with E-state index in [-0.39, 0.29) is 29.7 Å². The average molecular weight is 329 g/mol. The number of rotatable bonds is 4. The fraction of sp³-hybridized carbons (Fsp3) is 0.600. The lowest BCUT2D eigenvalue weighted by atomic mass is 9.67. The lowest BCUT2D eigenvalue weighted by Crippen LogP contribution is -2.43. The number of methoxy groups -OCH3 is 1. The van der Waals surface area contributed by atoms with Crippen molar-refractivity contribution in [3.63, 3.8) is 0 Å². The molecule has 0 radical (unpaired) electrons. The maximum Gasteiger partial charge on any atom is 0.223 e. The highest BCUT2D eigenvalue weighted by molar-refractivity contribution is 5.88. The number of benzene rings is 1. The van der Waals surface area contributed by atoms with Crippen molar-refractivity contribution < 1.29 is 14.3 Å². The van der Waals surface area contributed by atoms with Crippen LogP contribution >= 0.6 is 0 Å². The van der Waals surface area contributed by atoms with Crippen LogP contribution in [0, 0.1) is 24.7 Å². The first kappa shape index (κ1) is 17.0. The molecule has 130 valence electrons. The van der Waals surface area contributed by atoms with Crippen LogP contribution in [0.1, 0.15) is 56.2 Å². The second-order valence-corrected chi connectivity index (χ2v) is 7.37. The molecule has 0 spiro atoms. The van der Waals surface area contributed by atoms with Crippen LogP contribution in [0.5, 0.6) is 5.75 Å².